The lowest BCUT2D eigenvalue weighted by molar-refractivity contribution is -0.119. The average molecular weight is 465 g/mol. The van der Waals surface area contributed by atoms with Gasteiger partial charge in [0.25, 0.3) is 0 Å². The summed E-state index contributed by atoms with van der Waals surface area (Å²) in [6.45, 7) is 6.16. The third-order valence-corrected chi connectivity index (χ3v) is 7.37. The quantitative estimate of drug-likeness (QED) is 0.666. The predicted octanol–water partition coefficient (Wildman–Crippen LogP) is 3.49. The zero-order valence-corrected chi connectivity index (χ0v) is 20.2. The zero-order chi connectivity index (χ0) is 23.3. The van der Waals surface area contributed by atoms with Crippen LogP contribution in [0.1, 0.15) is 58.3 Å². The summed E-state index contributed by atoms with van der Waals surface area (Å²) in [5.74, 6) is 3.16. The van der Waals surface area contributed by atoms with Crippen molar-refractivity contribution in [2.45, 2.75) is 64.3 Å². The van der Waals surface area contributed by atoms with Gasteiger partial charge < -0.3 is 20.0 Å². The Morgan fingerprint density at radius 3 is 2.44 bits per heavy atom. The Labute approximate surface area is 202 Å². The molecule has 2 aliphatic heterocycles. The molecule has 2 aromatic heterocycles. The van der Waals surface area contributed by atoms with Crippen LogP contribution < -0.4 is 20.0 Å². The van der Waals surface area contributed by atoms with Crippen molar-refractivity contribution < 1.29 is 4.79 Å². The normalized spacial score (nSPS) is 21.4. The Morgan fingerprint density at radius 1 is 0.971 bits per heavy atom. The van der Waals surface area contributed by atoms with Crippen molar-refractivity contribution in [2.75, 3.05) is 52.7 Å². The summed E-state index contributed by atoms with van der Waals surface area (Å²) in [4.78, 5) is 38.3. The molecule has 1 aliphatic carbocycles. The Kier molecular flexibility index (Phi) is 7.06. The second-order valence-corrected chi connectivity index (χ2v) is 9.71. The molecule has 1 saturated heterocycles. The number of fused-ring (bicyclic) bond motifs is 1. The van der Waals surface area contributed by atoms with Gasteiger partial charge in [0.15, 0.2) is 11.6 Å². The minimum absolute atomic E-state index is 0.180. The van der Waals surface area contributed by atoms with Crippen LogP contribution >= 0.6 is 0 Å². The second kappa shape index (κ2) is 10.5. The highest BCUT2D eigenvalue weighted by atomic mass is 16.2. The van der Waals surface area contributed by atoms with Crippen LogP contribution in [-0.4, -0.2) is 64.6 Å². The van der Waals surface area contributed by atoms with E-state index in [-0.39, 0.29) is 11.9 Å². The number of carbonyl (C=O) groups is 1. The maximum absolute atomic E-state index is 13.7. The zero-order valence-electron chi connectivity index (χ0n) is 20.2. The molecule has 4 heterocycles. The molecule has 1 N–H and O–H groups in total. The van der Waals surface area contributed by atoms with Crippen molar-refractivity contribution in [3.05, 3.63) is 24.8 Å². The summed E-state index contributed by atoms with van der Waals surface area (Å²) < 4.78 is 0. The van der Waals surface area contributed by atoms with Crippen LogP contribution in [0.5, 0.6) is 0 Å². The van der Waals surface area contributed by atoms with Crippen LogP contribution in [0.4, 0.5) is 23.3 Å². The number of unbranched alkanes of at least 4 members (excludes halogenated alkanes) is 1. The molecule has 0 bridgehead atoms. The summed E-state index contributed by atoms with van der Waals surface area (Å²) in [6, 6.07) is 1.64. The van der Waals surface area contributed by atoms with Crippen LogP contribution in [0, 0.1) is 5.92 Å². The Bertz CT molecular complexity index is 957. The largest absolute Gasteiger partial charge is 0.356 e. The van der Waals surface area contributed by atoms with Crippen molar-refractivity contribution >= 4 is 29.2 Å². The van der Waals surface area contributed by atoms with Gasteiger partial charge in [-0.1, -0.05) is 39.0 Å². The Morgan fingerprint density at radius 2 is 1.71 bits per heavy atom. The minimum atomic E-state index is -0.203. The van der Waals surface area contributed by atoms with E-state index in [2.05, 4.69) is 37.0 Å². The predicted molar refractivity (Wildman–Crippen MR) is 134 cm³/mol. The number of hydrogen-bond acceptors (Lipinski definition) is 8. The number of anilines is 4. The third kappa shape index (κ3) is 4.79. The molecular weight excluding hydrogens is 428 g/mol. The summed E-state index contributed by atoms with van der Waals surface area (Å²) in [7, 11) is 0. The van der Waals surface area contributed by atoms with E-state index in [4.69, 9.17) is 4.98 Å². The first kappa shape index (κ1) is 22.8. The van der Waals surface area contributed by atoms with E-state index in [0.717, 1.165) is 75.3 Å². The average Bonchev–Trinajstić information content (AvgIpc) is 2.90. The van der Waals surface area contributed by atoms with Gasteiger partial charge in [-0.3, -0.25) is 4.79 Å². The molecule has 9 nitrogen and oxygen atoms in total. The molecule has 5 rings (SSSR count). The minimum Gasteiger partial charge on any atom is -0.356 e. The number of hydrogen-bond donors (Lipinski definition) is 1. The lowest BCUT2D eigenvalue weighted by Gasteiger charge is -2.41. The molecule has 2 fully saturated rings. The number of nitrogens with one attached hydrogen (secondary N) is 1. The van der Waals surface area contributed by atoms with Gasteiger partial charge in [0.2, 0.25) is 11.9 Å². The van der Waals surface area contributed by atoms with E-state index < -0.39 is 0 Å². The monoisotopic (exact) mass is 464 g/mol. The molecule has 3 aliphatic rings. The van der Waals surface area contributed by atoms with Gasteiger partial charge in [0, 0.05) is 45.1 Å². The van der Waals surface area contributed by atoms with Gasteiger partial charge in [-0.15, -0.1) is 0 Å². The summed E-state index contributed by atoms with van der Waals surface area (Å²) in [5.41, 5.74) is 0.871. The Hall–Kier alpha value is -2.97. The summed E-state index contributed by atoms with van der Waals surface area (Å²) >= 11 is 0. The summed E-state index contributed by atoms with van der Waals surface area (Å²) in [6.07, 6.45) is 14.4. The number of amides is 1. The highest BCUT2D eigenvalue weighted by molar-refractivity contribution is 6.07. The van der Waals surface area contributed by atoms with Gasteiger partial charge in [0.1, 0.15) is 18.1 Å². The topological polar surface area (TPSA) is 90.4 Å². The summed E-state index contributed by atoms with van der Waals surface area (Å²) in [5, 5.41) is 3.46. The smallest absolute Gasteiger partial charge is 0.249 e. The first-order chi connectivity index (χ1) is 16.7. The lowest BCUT2D eigenvalue weighted by atomic mass is 9.88. The fourth-order valence-corrected chi connectivity index (χ4v) is 5.47. The molecular formula is C25H36N8O. The number of rotatable bonds is 7. The molecule has 9 heteroatoms. The maximum atomic E-state index is 13.7. The molecule has 2 aromatic rings. The molecule has 34 heavy (non-hydrogen) atoms. The van der Waals surface area contributed by atoms with Crippen molar-refractivity contribution in [3.8, 4) is 0 Å². The lowest BCUT2D eigenvalue weighted by Crippen LogP contribution is -2.52. The van der Waals surface area contributed by atoms with Crippen LogP contribution in [-0.2, 0) is 4.79 Å². The van der Waals surface area contributed by atoms with E-state index >= 15 is 0 Å². The van der Waals surface area contributed by atoms with Crippen LogP contribution in [0.15, 0.2) is 24.8 Å². The van der Waals surface area contributed by atoms with E-state index in [9.17, 15) is 4.79 Å². The van der Waals surface area contributed by atoms with E-state index in [0.29, 0.717) is 5.92 Å². The molecule has 0 aromatic carbocycles. The molecule has 1 saturated carbocycles. The number of nitrogens with zero attached hydrogens (tertiary/aromatic N) is 7. The van der Waals surface area contributed by atoms with Crippen molar-refractivity contribution in [3.63, 3.8) is 0 Å². The van der Waals surface area contributed by atoms with Crippen molar-refractivity contribution in [2.24, 2.45) is 5.92 Å². The third-order valence-electron chi connectivity index (χ3n) is 7.37. The first-order valence-corrected chi connectivity index (χ1v) is 12.9. The van der Waals surface area contributed by atoms with Crippen LogP contribution in [0.2, 0.25) is 0 Å². The van der Waals surface area contributed by atoms with Gasteiger partial charge in [-0.05, 0) is 31.2 Å². The van der Waals surface area contributed by atoms with E-state index in [1.165, 1.54) is 32.1 Å². The number of aromatic nitrogens is 4. The van der Waals surface area contributed by atoms with Gasteiger partial charge in [0.05, 0.1) is 0 Å². The molecule has 0 radical (unpaired) electrons. The van der Waals surface area contributed by atoms with E-state index in [1.54, 1.807) is 18.7 Å². The Balaban J connectivity index is 1.40. The maximum Gasteiger partial charge on any atom is 0.249 e. The van der Waals surface area contributed by atoms with Crippen LogP contribution in [0.3, 0.4) is 0 Å². The first-order valence-electron chi connectivity index (χ1n) is 12.9. The standard InChI is InChI=1S/C25H36N8O/c1-2-3-10-20-24(34)33(17-19-8-5-4-6-9-19)21-22(30-20)28-18-29-23(21)31-13-15-32(16-14-31)25-26-11-7-12-27-25/h7,11-12,18-20H,2-6,8-10,13-17H2,1H3,(H,28,29,30)/t20-/m0/s1. The van der Waals surface area contributed by atoms with Crippen molar-refractivity contribution in [1.82, 2.24) is 19.9 Å². The number of piperazine rings is 1. The molecule has 1 atom stereocenters. The molecule has 1 amide bonds. The van der Waals surface area contributed by atoms with Gasteiger partial charge in [-0.2, -0.15) is 0 Å². The van der Waals surface area contributed by atoms with Crippen molar-refractivity contribution in [1.29, 1.82) is 0 Å². The highest BCUT2D eigenvalue weighted by Crippen LogP contribution is 2.40. The van der Waals surface area contributed by atoms with Gasteiger partial charge in [-0.25, -0.2) is 19.9 Å². The fraction of sp³-hybridized carbons (Fsp3) is 0.640. The number of carbonyl (C=O) groups excluding carboxylic acids is 1. The molecule has 182 valence electrons. The second-order valence-electron chi connectivity index (χ2n) is 9.71. The SMILES string of the molecule is CCCC[C@@H]1Nc2ncnc(N3CCN(c4ncccn4)CC3)c2N(CC2CCCCC2)C1=O. The fourth-order valence-electron chi connectivity index (χ4n) is 5.47. The van der Waals surface area contributed by atoms with E-state index in [1.807, 2.05) is 11.0 Å². The molecule has 0 spiro atoms. The highest BCUT2D eigenvalue weighted by Gasteiger charge is 2.38. The molecule has 0 unspecified atom stereocenters. The van der Waals surface area contributed by atoms with Gasteiger partial charge >= 0.3 is 0 Å². The van der Waals surface area contributed by atoms with Crippen LogP contribution in [0.25, 0.3) is 0 Å².